The van der Waals surface area contributed by atoms with E-state index in [-0.39, 0.29) is 0 Å². The highest BCUT2D eigenvalue weighted by molar-refractivity contribution is 5.25. The van der Waals surface area contributed by atoms with Crippen molar-refractivity contribution in [3.63, 3.8) is 0 Å². The summed E-state index contributed by atoms with van der Waals surface area (Å²) in [5.74, 6) is 0. The van der Waals surface area contributed by atoms with Gasteiger partial charge in [0.15, 0.2) is 0 Å². The standard InChI is InChI=1S/C12H18N2/c1-14-8-2-3-12(14)11-6-4-10(9-13)5-7-11/h4-7,12H,2-3,8-9,13H2,1H3. The lowest BCUT2D eigenvalue weighted by Gasteiger charge is -2.19. The van der Waals surface area contributed by atoms with Gasteiger partial charge in [0.25, 0.3) is 0 Å². The summed E-state index contributed by atoms with van der Waals surface area (Å²) in [5.41, 5.74) is 8.22. The first-order chi connectivity index (χ1) is 6.81. The van der Waals surface area contributed by atoms with Gasteiger partial charge in [0.05, 0.1) is 0 Å². The number of nitrogens with two attached hydrogens (primary N) is 1. The van der Waals surface area contributed by atoms with Crippen molar-refractivity contribution in [2.24, 2.45) is 5.73 Å². The molecule has 1 aromatic carbocycles. The molecule has 1 saturated heterocycles. The third-order valence-electron chi connectivity index (χ3n) is 3.12. The molecule has 0 aromatic heterocycles. The van der Waals surface area contributed by atoms with Crippen LogP contribution in [0, 0.1) is 0 Å². The zero-order valence-electron chi connectivity index (χ0n) is 8.74. The normalized spacial score (nSPS) is 22.9. The van der Waals surface area contributed by atoms with Crippen LogP contribution in [0.1, 0.15) is 30.0 Å². The summed E-state index contributed by atoms with van der Waals surface area (Å²) < 4.78 is 0. The van der Waals surface area contributed by atoms with Crippen LogP contribution in [-0.4, -0.2) is 18.5 Å². The van der Waals surface area contributed by atoms with Crippen molar-refractivity contribution < 1.29 is 0 Å². The van der Waals surface area contributed by atoms with Gasteiger partial charge in [-0.05, 0) is 37.6 Å². The molecule has 1 heterocycles. The van der Waals surface area contributed by atoms with Gasteiger partial charge in [-0.1, -0.05) is 24.3 Å². The Bertz CT molecular complexity index is 292. The molecule has 1 aliphatic heterocycles. The number of benzene rings is 1. The molecule has 1 fully saturated rings. The molecule has 0 spiro atoms. The Labute approximate surface area is 85.7 Å². The van der Waals surface area contributed by atoms with Gasteiger partial charge in [-0.15, -0.1) is 0 Å². The van der Waals surface area contributed by atoms with Crippen LogP contribution in [0.5, 0.6) is 0 Å². The molecule has 2 nitrogen and oxygen atoms in total. The second-order valence-corrected chi connectivity index (χ2v) is 4.08. The topological polar surface area (TPSA) is 29.3 Å². The van der Waals surface area contributed by atoms with Gasteiger partial charge < -0.3 is 5.73 Å². The molecular formula is C12H18N2. The Morgan fingerprint density at radius 2 is 2.07 bits per heavy atom. The maximum atomic E-state index is 5.57. The highest BCUT2D eigenvalue weighted by Gasteiger charge is 2.21. The number of nitrogens with zero attached hydrogens (tertiary/aromatic N) is 1. The van der Waals surface area contributed by atoms with E-state index >= 15 is 0 Å². The molecule has 2 N–H and O–H groups in total. The Balaban J connectivity index is 2.16. The summed E-state index contributed by atoms with van der Waals surface area (Å²) in [6, 6.07) is 9.34. The smallest absolute Gasteiger partial charge is 0.0345 e. The average Bonchev–Trinajstić information content (AvgIpc) is 2.65. The molecule has 0 saturated carbocycles. The van der Waals surface area contributed by atoms with Crippen molar-refractivity contribution in [1.82, 2.24) is 4.90 Å². The maximum Gasteiger partial charge on any atom is 0.0345 e. The van der Waals surface area contributed by atoms with Crippen LogP contribution in [0.3, 0.4) is 0 Å². The van der Waals surface area contributed by atoms with Crippen molar-refractivity contribution in [2.45, 2.75) is 25.4 Å². The molecule has 1 atom stereocenters. The van der Waals surface area contributed by atoms with E-state index in [4.69, 9.17) is 5.73 Å². The molecule has 0 amide bonds. The molecule has 0 radical (unpaired) electrons. The largest absolute Gasteiger partial charge is 0.326 e. The lowest BCUT2D eigenvalue weighted by Crippen LogP contribution is -2.17. The van der Waals surface area contributed by atoms with E-state index in [2.05, 4.69) is 36.2 Å². The lowest BCUT2D eigenvalue weighted by molar-refractivity contribution is 0.317. The van der Waals surface area contributed by atoms with Crippen molar-refractivity contribution in [2.75, 3.05) is 13.6 Å². The maximum absolute atomic E-state index is 5.57. The van der Waals surface area contributed by atoms with Gasteiger partial charge in [-0.3, -0.25) is 4.90 Å². The SMILES string of the molecule is CN1CCCC1c1ccc(CN)cc1. The zero-order chi connectivity index (χ0) is 9.97. The van der Waals surface area contributed by atoms with E-state index in [0.29, 0.717) is 12.6 Å². The molecule has 0 aliphatic carbocycles. The Morgan fingerprint density at radius 1 is 1.36 bits per heavy atom. The monoisotopic (exact) mass is 190 g/mol. The van der Waals surface area contributed by atoms with Crippen LogP contribution in [0.25, 0.3) is 0 Å². The number of rotatable bonds is 2. The van der Waals surface area contributed by atoms with E-state index in [0.717, 1.165) is 0 Å². The summed E-state index contributed by atoms with van der Waals surface area (Å²) in [4.78, 5) is 2.43. The van der Waals surface area contributed by atoms with Crippen LogP contribution in [0.15, 0.2) is 24.3 Å². The Morgan fingerprint density at radius 3 is 2.57 bits per heavy atom. The fraction of sp³-hybridized carbons (Fsp3) is 0.500. The zero-order valence-corrected chi connectivity index (χ0v) is 8.74. The third-order valence-corrected chi connectivity index (χ3v) is 3.12. The van der Waals surface area contributed by atoms with Crippen molar-refractivity contribution in [3.8, 4) is 0 Å². The predicted octanol–water partition coefficient (Wildman–Crippen LogP) is 1.91. The highest BCUT2D eigenvalue weighted by atomic mass is 15.1. The van der Waals surface area contributed by atoms with E-state index in [1.807, 2.05) is 0 Å². The average molecular weight is 190 g/mol. The minimum Gasteiger partial charge on any atom is -0.326 e. The molecule has 1 aromatic rings. The molecule has 2 rings (SSSR count). The van der Waals surface area contributed by atoms with E-state index in [1.165, 1.54) is 30.5 Å². The van der Waals surface area contributed by atoms with Gasteiger partial charge >= 0.3 is 0 Å². The quantitative estimate of drug-likeness (QED) is 0.772. The van der Waals surface area contributed by atoms with Crippen molar-refractivity contribution in [1.29, 1.82) is 0 Å². The minimum atomic E-state index is 0.627. The number of likely N-dealkylation sites (tertiary alicyclic amines) is 1. The van der Waals surface area contributed by atoms with Gasteiger partial charge in [0.2, 0.25) is 0 Å². The molecule has 0 bridgehead atoms. The number of hydrogen-bond acceptors (Lipinski definition) is 2. The van der Waals surface area contributed by atoms with Gasteiger partial charge in [0, 0.05) is 12.6 Å². The summed E-state index contributed by atoms with van der Waals surface area (Å²) in [6.45, 7) is 1.87. The van der Waals surface area contributed by atoms with Crippen LogP contribution in [-0.2, 0) is 6.54 Å². The van der Waals surface area contributed by atoms with Crippen molar-refractivity contribution in [3.05, 3.63) is 35.4 Å². The van der Waals surface area contributed by atoms with E-state index in [9.17, 15) is 0 Å². The van der Waals surface area contributed by atoms with Gasteiger partial charge in [-0.25, -0.2) is 0 Å². The van der Waals surface area contributed by atoms with E-state index < -0.39 is 0 Å². The summed E-state index contributed by atoms with van der Waals surface area (Å²) in [7, 11) is 2.20. The molecule has 1 aliphatic rings. The first-order valence-corrected chi connectivity index (χ1v) is 5.30. The third kappa shape index (κ3) is 1.81. The molecule has 2 heteroatoms. The van der Waals surface area contributed by atoms with Crippen LogP contribution in [0.2, 0.25) is 0 Å². The molecule has 1 unspecified atom stereocenters. The second kappa shape index (κ2) is 4.11. The fourth-order valence-corrected chi connectivity index (χ4v) is 2.21. The fourth-order valence-electron chi connectivity index (χ4n) is 2.21. The Kier molecular flexibility index (Phi) is 2.85. The van der Waals surface area contributed by atoms with Gasteiger partial charge in [-0.2, -0.15) is 0 Å². The number of hydrogen-bond donors (Lipinski definition) is 1. The van der Waals surface area contributed by atoms with Crippen LogP contribution in [0.4, 0.5) is 0 Å². The predicted molar refractivity (Wildman–Crippen MR) is 58.9 cm³/mol. The molecule has 14 heavy (non-hydrogen) atoms. The summed E-state index contributed by atoms with van der Waals surface area (Å²) in [5, 5.41) is 0. The minimum absolute atomic E-state index is 0.627. The summed E-state index contributed by atoms with van der Waals surface area (Å²) in [6.07, 6.45) is 2.61. The summed E-state index contributed by atoms with van der Waals surface area (Å²) >= 11 is 0. The van der Waals surface area contributed by atoms with E-state index in [1.54, 1.807) is 0 Å². The first-order valence-electron chi connectivity index (χ1n) is 5.30. The second-order valence-electron chi connectivity index (χ2n) is 4.08. The molecular weight excluding hydrogens is 172 g/mol. The van der Waals surface area contributed by atoms with Crippen LogP contribution >= 0.6 is 0 Å². The molecule has 76 valence electrons. The van der Waals surface area contributed by atoms with Crippen LogP contribution < -0.4 is 5.73 Å². The first kappa shape index (κ1) is 9.69. The highest BCUT2D eigenvalue weighted by Crippen LogP contribution is 2.30. The lowest BCUT2D eigenvalue weighted by atomic mass is 10.0. The van der Waals surface area contributed by atoms with Gasteiger partial charge in [0.1, 0.15) is 0 Å². The Hall–Kier alpha value is -0.860. The van der Waals surface area contributed by atoms with Crippen molar-refractivity contribution >= 4 is 0 Å².